The van der Waals surface area contributed by atoms with Crippen LogP contribution in [0.2, 0.25) is 0 Å². The van der Waals surface area contributed by atoms with E-state index in [1.807, 2.05) is 36.4 Å². The van der Waals surface area contributed by atoms with Gasteiger partial charge in [0.2, 0.25) is 5.91 Å². The van der Waals surface area contributed by atoms with Gasteiger partial charge in [-0.05, 0) is 48.1 Å². The third kappa shape index (κ3) is 4.55. The lowest BCUT2D eigenvalue weighted by Crippen LogP contribution is -2.42. The van der Waals surface area contributed by atoms with Gasteiger partial charge >= 0.3 is 0 Å². The Labute approximate surface area is 164 Å². The van der Waals surface area contributed by atoms with E-state index in [1.165, 1.54) is 0 Å². The van der Waals surface area contributed by atoms with Gasteiger partial charge in [-0.3, -0.25) is 10.2 Å². The molecule has 1 saturated heterocycles. The summed E-state index contributed by atoms with van der Waals surface area (Å²) in [7, 11) is 0. The fraction of sp³-hybridized carbons (Fsp3) is 0.318. The molecule has 6 nitrogen and oxygen atoms in total. The lowest BCUT2D eigenvalue weighted by Gasteiger charge is -2.31. The van der Waals surface area contributed by atoms with Gasteiger partial charge in [0.1, 0.15) is 0 Å². The highest BCUT2D eigenvalue weighted by Crippen LogP contribution is 2.28. The molecule has 2 aromatic carbocycles. The summed E-state index contributed by atoms with van der Waals surface area (Å²) < 4.78 is 5.77. The lowest BCUT2D eigenvalue weighted by molar-refractivity contribution is -0.131. The number of hydrogen-bond acceptors (Lipinski definition) is 5. The number of amides is 1. The van der Waals surface area contributed by atoms with Crippen molar-refractivity contribution >= 4 is 5.91 Å². The summed E-state index contributed by atoms with van der Waals surface area (Å²) in [6, 6.07) is 19.9. The Morgan fingerprint density at radius 3 is 2.36 bits per heavy atom. The minimum atomic E-state index is -0.325. The monoisotopic (exact) mass is 374 g/mol. The second kappa shape index (κ2) is 9.14. The van der Waals surface area contributed by atoms with E-state index < -0.39 is 0 Å². The summed E-state index contributed by atoms with van der Waals surface area (Å²) in [6.45, 7) is 0.457. The Bertz CT molecular complexity index is 894. The maximum atomic E-state index is 11.8. The Kier molecular flexibility index (Phi) is 6.39. The number of hydrogen-bond donors (Lipinski definition) is 2. The number of nitrogens with zero attached hydrogens (tertiary/aromatic N) is 2. The maximum Gasteiger partial charge on any atom is 0.237 e. The van der Waals surface area contributed by atoms with Crippen molar-refractivity contribution in [3.05, 3.63) is 59.7 Å². The molecule has 0 aliphatic carbocycles. The van der Waals surface area contributed by atoms with Crippen LogP contribution in [0.15, 0.2) is 48.5 Å². The van der Waals surface area contributed by atoms with E-state index in [4.69, 9.17) is 15.8 Å². The molecule has 3 atom stereocenters. The number of carbonyl (C=O) groups is 1. The summed E-state index contributed by atoms with van der Waals surface area (Å²) in [4.78, 5) is 11.8. The van der Waals surface area contributed by atoms with Gasteiger partial charge in [0.05, 0.1) is 29.7 Å². The van der Waals surface area contributed by atoms with Crippen molar-refractivity contribution in [3.63, 3.8) is 0 Å². The van der Waals surface area contributed by atoms with Gasteiger partial charge in [-0.1, -0.05) is 36.4 Å². The van der Waals surface area contributed by atoms with Crippen LogP contribution >= 0.6 is 0 Å². The largest absolute Gasteiger partial charge is 0.377 e. The number of rotatable bonds is 5. The predicted octanol–water partition coefficient (Wildman–Crippen LogP) is 2.69. The quantitative estimate of drug-likeness (QED) is 0.475. The smallest absolute Gasteiger partial charge is 0.237 e. The van der Waals surface area contributed by atoms with Crippen LogP contribution in [-0.4, -0.2) is 18.6 Å². The molecule has 0 aromatic heterocycles. The number of nitriles is 2. The summed E-state index contributed by atoms with van der Waals surface area (Å²) in [5.41, 5.74) is 5.95. The molecule has 3 rings (SSSR count). The highest BCUT2D eigenvalue weighted by Gasteiger charge is 2.32. The minimum absolute atomic E-state index is 0.197. The van der Waals surface area contributed by atoms with Crippen LogP contribution in [0.25, 0.3) is 11.1 Å². The van der Waals surface area contributed by atoms with Crippen LogP contribution in [0.1, 0.15) is 24.0 Å². The molecule has 1 aliphatic rings. The third-order valence-electron chi connectivity index (χ3n) is 5.20. The molecule has 3 N–H and O–H groups in total. The van der Waals surface area contributed by atoms with Crippen molar-refractivity contribution < 1.29 is 9.53 Å². The van der Waals surface area contributed by atoms with Gasteiger partial charge in [-0.15, -0.1) is 0 Å². The molecule has 0 radical (unpaired) electrons. The van der Waals surface area contributed by atoms with E-state index in [2.05, 4.69) is 17.6 Å². The van der Waals surface area contributed by atoms with E-state index in [0.29, 0.717) is 31.4 Å². The zero-order valence-electron chi connectivity index (χ0n) is 15.5. The molecule has 28 heavy (non-hydrogen) atoms. The first-order valence-electron chi connectivity index (χ1n) is 9.25. The topological polar surface area (TPSA) is 112 Å². The van der Waals surface area contributed by atoms with Gasteiger partial charge in [0, 0.05) is 12.5 Å². The summed E-state index contributed by atoms with van der Waals surface area (Å²) in [5.74, 6) is 4.51. The lowest BCUT2D eigenvalue weighted by atomic mass is 9.85. The number of ether oxygens (including phenoxy) is 1. The number of nitrogens with two attached hydrogens (primary N) is 1. The Morgan fingerprint density at radius 1 is 1.14 bits per heavy atom. The second-order valence-corrected chi connectivity index (χ2v) is 6.96. The van der Waals surface area contributed by atoms with Crippen LogP contribution in [0.4, 0.5) is 0 Å². The van der Waals surface area contributed by atoms with Gasteiger partial charge in [0.15, 0.2) is 0 Å². The third-order valence-corrected chi connectivity index (χ3v) is 5.20. The molecule has 1 aliphatic heterocycles. The van der Waals surface area contributed by atoms with Crippen LogP contribution < -0.4 is 11.3 Å². The van der Waals surface area contributed by atoms with E-state index >= 15 is 0 Å². The van der Waals surface area contributed by atoms with Crippen molar-refractivity contribution in [2.45, 2.75) is 25.4 Å². The van der Waals surface area contributed by atoms with Crippen molar-refractivity contribution in [1.82, 2.24) is 5.43 Å². The van der Waals surface area contributed by atoms with E-state index in [-0.39, 0.29) is 23.8 Å². The molecule has 142 valence electrons. The molecular formula is C22H22N4O2. The Morgan fingerprint density at radius 2 is 1.79 bits per heavy atom. The van der Waals surface area contributed by atoms with Gasteiger partial charge < -0.3 is 4.74 Å². The molecule has 1 amide bonds. The van der Waals surface area contributed by atoms with E-state index in [9.17, 15) is 10.1 Å². The molecule has 1 fully saturated rings. The summed E-state index contributed by atoms with van der Waals surface area (Å²) in [5, 5.41) is 18.5. The van der Waals surface area contributed by atoms with E-state index in [0.717, 1.165) is 16.7 Å². The maximum absolute atomic E-state index is 11.8. The Balaban J connectivity index is 1.67. The first-order chi connectivity index (χ1) is 13.6. The number of carbonyl (C=O) groups excluding carboxylic acids is 1. The highest BCUT2D eigenvalue weighted by atomic mass is 16.5. The number of hydrazine groups is 1. The number of nitrogens with one attached hydrogen (secondary N) is 1. The van der Waals surface area contributed by atoms with Crippen molar-refractivity contribution in [2.75, 3.05) is 6.61 Å². The summed E-state index contributed by atoms with van der Waals surface area (Å²) in [6.07, 6.45) is 1.41. The van der Waals surface area contributed by atoms with Crippen molar-refractivity contribution in [3.8, 4) is 23.3 Å². The van der Waals surface area contributed by atoms with E-state index in [1.54, 1.807) is 12.1 Å². The predicted molar refractivity (Wildman–Crippen MR) is 104 cm³/mol. The molecule has 0 bridgehead atoms. The minimum Gasteiger partial charge on any atom is -0.377 e. The van der Waals surface area contributed by atoms with Crippen LogP contribution in [0.5, 0.6) is 0 Å². The molecule has 0 saturated carbocycles. The van der Waals surface area contributed by atoms with Crippen molar-refractivity contribution in [1.29, 1.82) is 10.5 Å². The second-order valence-electron chi connectivity index (χ2n) is 6.96. The molecule has 0 spiro atoms. The SMILES string of the molecule is N#Cc1ccc(-c2ccc(CC(C#N)[C@@H]3CC(C(=O)NN)CCO3)cc2)cc1. The standard InChI is InChI=1S/C22H22N4O2/c23-13-16-3-7-18(8-4-16)17-5-1-15(2-6-17)11-20(14-24)21-12-19(9-10-28-21)22(27)26-25/h1-8,19-21H,9-12,25H2,(H,26,27)/t19?,20?,21-/m0/s1. The molecule has 2 aromatic rings. The molecule has 1 heterocycles. The van der Waals surface area contributed by atoms with Gasteiger partial charge in [-0.2, -0.15) is 10.5 Å². The van der Waals surface area contributed by atoms with Gasteiger partial charge in [0.25, 0.3) is 0 Å². The normalized spacial score (nSPS) is 19.8. The van der Waals surface area contributed by atoms with Crippen molar-refractivity contribution in [2.24, 2.45) is 17.7 Å². The first kappa shape index (κ1) is 19.6. The average Bonchev–Trinajstić information content (AvgIpc) is 2.77. The summed E-state index contributed by atoms with van der Waals surface area (Å²) >= 11 is 0. The van der Waals surface area contributed by atoms with Gasteiger partial charge in [-0.25, -0.2) is 5.84 Å². The van der Waals surface area contributed by atoms with Crippen LogP contribution in [0.3, 0.4) is 0 Å². The van der Waals surface area contributed by atoms with Crippen LogP contribution in [-0.2, 0) is 16.0 Å². The zero-order chi connectivity index (χ0) is 19.9. The highest BCUT2D eigenvalue weighted by molar-refractivity contribution is 5.78. The molecule has 6 heteroatoms. The molecular weight excluding hydrogens is 352 g/mol. The Hall–Kier alpha value is -3.19. The number of benzene rings is 2. The fourth-order valence-corrected chi connectivity index (χ4v) is 3.55. The zero-order valence-corrected chi connectivity index (χ0v) is 15.5. The van der Waals surface area contributed by atoms with Crippen LogP contribution in [0, 0.1) is 34.5 Å². The molecule has 2 unspecified atom stereocenters. The average molecular weight is 374 g/mol. The fourth-order valence-electron chi connectivity index (χ4n) is 3.55. The first-order valence-corrected chi connectivity index (χ1v) is 9.25.